The van der Waals surface area contributed by atoms with Crippen LogP contribution in [0.3, 0.4) is 0 Å². The molecular formula is C29H17Cl3N2O4. The van der Waals surface area contributed by atoms with Crippen molar-refractivity contribution in [2.75, 3.05) is 10.2 Å². The van der Waals surface area contributed by atoms with Gasteiger partial charge >= 0.3 is 5.97 Å². The van der Waals surface area contributed by atoms with Gasteiger partial charge in [0.25, 0.3) is 11.8 Å². The van der Waals surface area contributed by atoms with E-state index in [1.807, 2.05) is 42.5 Å². The summed E-state index contributed by atoms with van der Waals surface area (Å²) >= 11 is 18.2. The largest absolute Gasteiger partial charge is 0.423 e. The van der Waals surface area contributed by atoms with Crippen LogP contribution in [-0.2, 0) is 9.59 Å². The lowest BCUT2D eigenvalue weighted by Crippen LogP contribution is -2.32. The van der Waals surface area contributed by atoms with E-state index in [4.69, 9.17) is 39.5 Å². The topological polar surface area (TPSA) is 75.7 Å². The number of amides is 2. The Bertz CT molecular complexity index is 1560. The maximum absolute atomic E-state index is 13.0. The van der Waals surface area contributed by atoms with Crippen molar-refractivity contribution < 1.29 is 19.1 Å². The highest BCUT2D eigenvalue weighted by molar-refractivity contribution is 6.53. The zero-order valence-electron chi connectivity index (χ0n) is 19.5. The number of hydrogen-bond donors (Lipinski definition) is 1. The smallest absolute Gasteiger partial charge is 0.343 e. The van der Waals surface area contributed by atoms with Crippen LogP contribution in [0.4, 0.5) is 11.4 Å². The van der Waals surface area contributed by atoms with E-state index >= 15 is 0 Å². The number of ether oxygens (including phenoxy) is 1. The van der Waals surface area contributed by atoms with Crippen LogP contribution in [0.1, 0.15) is 10.4 Å². The second kappa shape index (κ2) is 10.7. The van der Waals surface area contributed by atoms with E-state index in [0.29, 0.717) is 17.0 Å². The van der Waals surface area contributed by atoms with Crippen LogP contribution in [0.5, 0.6) is 5.75 Å². The van der Waals surface area contributed by atoms with Crippen molar-refractivity contribution in [3.8, 4) is 16.9 Å². The maximum Gasteiger partial charge on any atom is 0.343 e. The van der Waals surface area contributed by atoms with E-state index in [1.54, 1.807) is 24.3 Å². The molecule has 0 saturated heterocycles. The number of imide groups is 1. The molecule has 1 heterocycles. The van der Waals surface area contributed by atoms with E-state index < -0.39 is 17.8 Å². The molecule has 0 atom stereocenters. The molecule has 38 heavy (non-hydrogen) atoms. The molecule has 188 valence electrons. The molecule has 1 aliphatic heterocycles. The summed E-state index contributed by atoms with van der Waals surface area (Å²) in [6, 6.07) is 27.6. The van der Waals surface area contributed by atoms with E-state index in [1.165, 1.54) is 30.3 Å². The van der Waals surface area contributed by atoms with Crippen molar-refractivity contribution in [3.05, 3.63) is 123 Å². The van der Waals surface area contributed by atoms with Crippen LogP contribution in [0, 0.1) is 0 Å². The highest BCUT2D eigenvalue weighted by Gasteiger charge is 2.39. The zero-order valence-corrected chi connectivity index (χ0v) is 21.7. The van der Waals surface area contributed by atoms with Crippen LogP contribution < -0.4 is 15.0 Å². The maximum atomic E-state index is 13.0. The second-order valence-corrected chi connectivity index (χ2v) is 9.50. The quantitative estimate of drug-likeness (QED) is 0.151. The fourth-order valence-corrected chi connectivity index (χ4v) is 4.59. The molecule has 0 radical (unpaired) electrons. The molecule has 1 aliphatic rings. The Balaban J connectivity index is 1.26. The Labute approximate surface area is 233 Å². The summed E-state index contributed by atoms with van der Waals surface area (Å²) in [7, 11) is 0. The molecule has 0 unspecified atom stereocenters. The van der Waals surface area contributed by atoms with Gasteiger partial charge in [0, 0.05) is 15.7 Å². The summed E-state index contributed by atoms with van der Waals surface area (Å²) in [6.45, 7) is 0. The summed E-state index contributed by atoms with van der Waals surface area (Å²) in [4.78, 5) is 39.2. The number of nitrogens with one attached hydrogen (secondary N) is 1. The van der Waals surface area contributed by atoms with Crippen molar-refractivity contribution >= 4 is 64.0 Å². The van der Waals surface area contributed by atoms with Crippen molar-refractivity contribution in [1.82, 2.24) is 0 Å². The normalized spacial score (nSPS) is 13.2. The molecule has 0 aliphatic carbocycles. The third-order valence-corrected chi connectivity index (χ3v) is 6.48. The number of rotatable bonds is 6. The average Bonchev–Trinajstić information content (AvgIpc) is 3.12. The summed E-state index contributed by atoms with van der Waals surface area (Å²) in [6.07, 6.45) is 0. The highest BCUT2D eigenvalue weighted by Crippen LogP contribution is 2.33. The second-order valence-electron chi connectivity index (χ2n) is 8.24. The van der Waals surface area contributed by atoms with Gasteiger partial charge in [0.1, 0.15) is 16.5 Å². The van der Waals surface area contributed by atoms with Crippen LogP contribution in [0.2, 0.25) is 10.0 Å². The Hall–Kier alpha value is -4.10. The number of nitrogens with zero attached hydrogens (tertiary/aromatic N) is 1. The SMILES string of the molecule is O=C(Oc1ccc(-c2ccccc2)cc1)c1ccc(NC2=C(Cl)C(=O)N(c3cc(Cl)cc(Cl)c3)C2=O)cc1. The summed E-state index contributed by atoms with van der Waals surface area (Å²) in [5.41, 5.74) is 2.89. The fourth-order valence-electron chi connectivity index (χ4n) is 3.86. The Kier molecular flexibility index (Phi) is 7.20. The molecule has 2 amide bonds. The molecule has 0 fully saturated rings. The predicted octanol–water partition coefficient (Wildman–Crippen LogP) is 7.32. The van der Waals surface area contributed by atoms with Gasteiger partial charge in [0.2, 0.25) is 0 Å². The first-order valence-corrected chi connectivity index (χ1v) is 12.4. The number of halogens is 3. The monoisotopic (exact) mass is 562 g/mol. The van der Waals surface area contributed by atoms with Crippen molar-refractivity contribution in [3.63, 3.8) is 0 Å². The molecule has 0 saturated carbocycles. The number of carbonyl (C=O) groups is 3. The van der Waals surface area contributed by atoms with Gasteiger partial charge in [0.05, 0.1) is 11.3 Å². The van der Waals surface area contributed by atoms with Gasteiger partial charge in [-0.1, -0.05) is 77.3 Å². The molecule has 0 aromatic heterocycles. The molecule has 9 heteroatoms. The van der Waals surface area contributed by atoms with Gasteiger partial charge in [-0.15, -0.1) is 0 Å². The lowest BCUT2D eigenvalue weighted by molar-refractivity contribution is -0.120. The molecule has 4 aromatic rings. The molecular weight excluding hydrogens is 547 g/mol. The predicted molar refractivity (Wildman–Crippen MR) is 149 cm³/mol. The molecule has 0 spiro atoms. The van der Waals surface area contributed by atoms with Gasteiger partial charge in [-0.2, -0.15) is 0 Å². The molecule has 0 bridgehead atoms. The number of anilines is 2. The summed E-state index contributed by atoms with van der Waals surface area (Å²) in [5, 5.41) is 3.10. The number of benzene rings is 4. The summed E-state index contributed by atoms with van der Waals surface area (Å²) in [5.74, 6) is -1.51. The van der Waals surface area contributed by atoms with Gasteiger partial charge in [-0.3, -0.25) is 9.59 Å². The molecule has 5 rings (SSSR count). The first-order chi connectivity index (χ1) is 18.3. The molecule has 4 aromatic carbocycles. The average molecular weight is 564 g/mol. The minimum absolute atomic E-state index is 0.110. The Morgan fingerprint density at radius 1 is 0.711 bits per heavy atom. The van der Waals surface area contributed by atoms with Gasteiger partial charge < -0.3 is 10.1 Å². The van der Waals surface area contributed by atoms with E-state index in [-0.39, 0.29) is 26.5 Å². The first-order valence-electron chi connectivity index (χ1n) is 11.3. The van der Waals surface area contributed by atoms with Gasteiger partial charge in [-0.05, 0) is 65.7 Å². The first kappa shape index (κ1) is 25.5. The Morgan fingerprint density at radius 2 is 1.32 bits per heavy atom. The Morgan fingerprint density at radius 3 is 1.95 bits per heavy atom. The van der Waals surface area contributed by atoms with E-state index in [2.05, 4.69) is 5.32 Å². The number of hydrogen-bond acceptors (Lipinski definition) is 5. The third kappa shape index (κ3) is 5.29. The van der Waals surface area contributed by atoms with Crippen LogP contribution in [-0.4, -0.2) is 17.8 Å². The van der Waals surface area contributed by atoms with Crippen LogP contribution in [0.15, 0.2) is 108 Å². The lowest BCUT2D eigenvalue weighted by atomic mass is 10.1. The molecule has 1 N–H and O–H groups in total. The van der Waals surface area contributed by atoms with Crippen molar-refractivity contribution in [2.45, 2.75) is 0 Å². The third-order valence-electron chi connectivity index (χ3n) is 5.69. The zero-order chi connectivity index (χ0) is 26.8. The van der Waals surface area contributed by atoms with Crippen LogP contribution in [0.25, 0.3) is 11.1 Å². The summed E-state index contributed by atoms with van der Waals surface area (Å²) < 4.78 is 5.48. The van der Waals surface area contributed by atoms with Crippen molar-refractivity contribution in [2.24, 2.45) is 0 Å². The minimum Gasteiger partial charge on any atom is -0.423 e. The standard InChI is InChI=1S/C29H17Cl3N2O4/c30-20-14-21(31)16-23(15-20)34-27(35)25(32)26(28(34)36)33-22-10-6-19(7-11-22)29(37)38-24-12-8-18(9-13-24)17-4-2-1-3-5-17/h1-16,33H. The molecule has 6 nitrogen and oxygen atoms in total. The van der Waals surface area contributed by atoms with Gasteiger partial charge in [0.15, 0.2) is 0 Å². The number of carbonyl (C=O) groups excluding carboxylic acids is 3. The lowest BCUT2D eigenvalue weighted by Gasteiger charge is -2.16. The fraction of sp³-hybridized carbons (Fsp3) is 0. The van der Waals surface area contributed by atoms with E-state index in [0.717, 1.165) is 16.0 Å². The number of esters is 1. The minimum atomic E-state index is -0.712. The van der Waals surface area contributed by atoms with E-state index in [9.17, 15) is 14.4 Å². The van der Waals surface area contributed by atoms with Crippen molar-refractivity contribution in [1.29, 1.82) is 0 Å². The van der Waals surface area contributed by atoms with Gasteiger partial charge in [-0.25, -0.2) is 9.69 Å². The highest BCUT2D eigenvalue weighted by atomic mass is 35.5. The van der Waals surface area contributed by atoms with Crippen LogP contribution >= 0.6 is 34.8 Å².